The topological polar surface area (TPSA) is 129 Å². The predicted molar refractivity (Wildman–Crippen MR) is 136 cm³/mol. The summed E-state index contributed by atoms with van der Waals surface area (Å²) in [6, 6.07) is 17.4. The SMILES string of the molecule is COCCn1c(N)c(C(=O)CSc2cc(-c3ccccc3)c3ccc(OC)cc3n2)c(=O)[nH]c1=O. The van der Waals surface area contributed by atoms with Crippen LogP contribution in [0.25, 0.3) is 22.0 Å². The third-order valence-electron chi connectivity index (χ3n) is 5.47. The zero-order valence-electron chi connectivity index (χ0n) is 19.2. The molecule has 0 spiro atoms. The number of aromatic nitrogens is 3. The molecule has 0 saturated heterocycles. The minimum Gasteiger partial charge on any atom is -0.497 e. The van der Waals surface area contributed by atoms with Gasteiger partial charge in [-0.15, -0.1) is 0 Å². The summed E-state index contributed by atoms with van der Waals surface area (Å²) in [7, 11) is 3.07. The highest BCUT2D eigenvalue weighted by Gasteiger charge is 2.20. The fraction of sp³-hybridized carbons (Fsp3) is 0.200. The van der Waals surface area contributed by atoms with Crippen LogP contribution in [0.5, 0.6) is 5.75 Å². The van der Waals surface area contributed by atoms with Gasteiger partial charge in [0.1, 0.15) is 17.1 Å². The molecule has 2 aromatic heterocycles. The lowest BCUT2D eigenvalue weighted by Gasteiger charge is -2.12. The van der Waals surface area contributed by atoms with Crippen LogP contribution in [0.4, 0.5) is 5.82 Å². The van der Waals surface area contributed by atoms with Gasteiger partial charge in [-0.05, 0) is 29.3 Å². The Kier molecular flexibility index (Phi) is 7.33. The molecule has 0 saturated carbocycles. The Morgan fingerprint density at radius 2 is 1.89 bits per heavy atom. The van der Waals surface area contributed by atoms with Crippen LogP contribution >= 0.6 is 11.8 Å². The molecule has 0 atom stereocenters. The Morgan fingerprint density at radius 1 is 1.11 bits per heavy atom. The number of nitrogens with zero attached hydrogens (tertiary/aromatic N) is 2. The molecule has 0 unspecified atom stereocenters. The zero-order valence-corrected chi connectivity index (χ0v) is 20.1. The average molecular weight is 493 g/mol. The van der Waals surface area contributed by atoms with Crippen molar-refractivity contribution >= 4 is 34.3 Å². The third-order valence-corrected chi connectivity index (χ3v) is 6.38. The molecule has 0 bridgehead atoms. The van der Waals surface area contributed by atoms with Gasteiger partial charge in [0.25, 0.3) is 5.56 Å². The van der Waals surface area contributed by atoms with Crippen LogP contribution in [0.3, 0.4) is 0 Å². The van der Waals surface area contributed by atoms with Crippen molar-refractivity contribution < 1.29 is 14.3 Å². The number of hydrogen-bond donors (Lipinski definition) is 2. The number of ether oxygens (including phenoxy) is 2. The molecule has 0 radical (unpaired) electrons. The van der Waals surface area contributed by atoms with E-state index in [0.29, 0.717) is 16.3 Å². The Bertz CT molecular complexity index is 1500. The number of fused-ring (bicyclic) bond motifs is 1. The van der Waals surface area contributed by atoms with E-state index in [1.807, 2.05) is 54.6 Å². The highest BCUT2D eigenvalue weighted by atomic mass is 32.2. The monoisotopic (exact) mass is 492 g/mol. The molecular formula is C25H24N4O5S. The van der Waals surface area contributed by atoms with E-state index in [2.05, 4.69) is 4.98 Å². The molecule has 0 aliphatic carbocycles. The first kappa shape index (κ1) is 24.2. The number of H-pyrrole nitrogens is 1. The van der Waals surface area contributed by atoms with Crippen molar-refractivity contribution in [2.24, 2.45) is 0 Å². The molecule has 10 heteroatoms. The molecule has 0 aliphatic rings. The number of rotatable bonds is 9. The van der Waals surface area contributed by atoms with Gasteiger partial charge >= 0.3 is 5.69 Å². The Balaban J connectivity index is 1.69. The molecular weight excluding hydrogens is 468 g/mol. The molecule has 3 N–H and O–H groups in total. The Labute approximate surface area is 204 Å². The lowest BCUT2D eigenvalue weighted by atomic mass is 10.0. The molecule has 0 fully saturated rings. The van der Waals surface area contributed by atoms with Crippen molar-refractivity contribution in [1.29, 1.82) is 0 Å². The molecule has 2 aromatic carbocycles. The van der Waals surface area contributed by atoms with Crippen LogP contribution in [0, 0.1) is 0 Å². The van der Waals surface area contributed by atoms with Crippen molar-refractivity contribution in [3.05, 3.63) is 81.0 Å². The Morgan fingerprint density at radius 3 is 2.60 bits per heavy atom. The predicted octanol–water partition coefficient (Wildman–Crippen LogP) is 2.96. The van der Waals surface area contributed by atoms with E-state index in [9.17, 15) is 14.4 Å². The fourth-order valence-corrected chi connectivity index (χ4v) is 4.50. The average Bonchev–Trinajstić information content (AvgIpc) is 2.86. The van der Waals surface area contributed by atoms with Gasteiger partial charge in [-0.3, -0.25) is 19.1 Å². The highest BCUT2D eigenvalue weighted by molar-refractivity contribution is 7.99. The number of methoxy groups -OCH3 is 2. The molecule has 180 valence electrons. The van der Waals surface area contributed by atoms with Gasteiger partial charge in [0.05, 0.1) is 36.6 Å². The summed E-state index contributed by atoms with van der Waals surface area (Å²) in [5, 5.41) is 1.54. The summed E-state index contributed by atoms with van der Waals surface area (Å²) >= 11 is 1.18. The number of carbonyl (C=O) groups is 1. The van der Waals surface area contributed by atoms with Gasteiger partial charge in [0.2, 0.25) is 0 Å². The molecule has 9 nitrogen and oxygen atoms in total. The van der Waals surface area contributed by atoms with Gasteiger partial charge in [-0.25, -0.2) is 9.78 Å². The van der Waals surface area contributed by atoms with E-state index < -0.39 is 17.0 Å². The molecule has 35 heavy (non-hydrogen) atoms. The number of nitrogen functional groups attached to an aromatic ring is 1. The first-order valence-electron chi connectivity index (χ1n) is 10.7. The van der Waals surface area contributed by atoms with E-state index in [-0.39, 0.29) is 30.3 Å². The number of nitrogens with two attached hydrogens (primary N) is 1. The van der Waals surface area contributed by atoms with E-state index in [1.165, 1.54) is 18.9 Å². The second-order valence-electron chi connectivity index (χ2n) is 7.63. The maximum absolute atomic E-state index is 13.0. The summed E-state index contributed by atoms with van der Waals surface area (Å²) in [6.07, 6.45) is 0. The standard InChI is InChI=1S/C25H24N4O5S/c1-33-11-10-29-23(26)22(24(31)28-25(29)32)20(30)14-35-21-13-18(15-6-4-3-5-7-15)17-9-8-16(34-2)12-19(17)27-21/h3-9,12-13H,10-11,14,26H2,1-2H3,(H,28,31,32). The second kappa shape index (κ2) is 10.6. The van der Waals surface area contributed by atoms with Crippen LogP contribution in [-0.4, -0.2) is 46.9 Å². The van der Waals surface area contributed by atoms with Gasteiger partial charge in [0, 0.05) is 18.6 Å². The van der Waals surface area contributed by atoms with Crippen LogP contribution < -0.4 is 21.7 Å². The largest absolute Gasteiger partial charge is 0.497 e. The number of hydrogen-bond acceptors (Lipinski definition) is 8. The van der Waals surface area contributed by atoms with Crippen LogP contribution in [-0.2, 0) is 11.3 Å². The van der Waals surface area contributed by atoms with E-state index >= 15 is 0 Å². The summed E-state index contributed by atoms with van der Waals surface area (Å²) in [5.41, 5.74) is 6.95. The number of benzene rings is 2. The molecule has 2 heterocycles. The minimum absolute atomic E-state index is 0.0908. The molecule has 4 aromatic rings. The van der Waals surface area contributed by atoms with Gasteiger partial charge < -0.3 is 15.2 Å². The van der Waals surface area contributed by atoms with E-state index in [1.54, 1.807) is 7.11 Å². The van der Waals surface area contributed by atoms with Crippen molar-refractivity contribution in [3.8, 4) is 16.9 Å². The summed E-state index contributed by atoms with van der Waals surface area (Å²) in [4.78, 5) is 44.3. The lowest BCUT2D eigenvalue weighted by molar-refractivity contribution is 0.102. The van der Waals surface area contributed by atoms with Crippen molar-refractivity contribution in [2.45, 2.75) is 11.6 Å². The van der Waals surface area contributed by atoms with E-state index in [0.717, 1.165) is 21.1 Å². The van der Waals surface area contributed by atoms with Crippen molar-refractivity contribution in [3.63, 3.8) is 0 Å². The van der Waals surface area contributed by atoms with Crippen molar-refractivity contribution in [2.75, 3.05) is 32.3 Å². The summed E-state index contributed by atoms with van der Waals surface area (Å²) in [6.45, 7) is 0.311. The highest BCUT2D eigenvalue weighted by Crippen LogP contribution is 2.33. The zero-order chi connectivity index (χ0) is 24.9. The fourth-order valence-electron chi connectivity index (χ4n) is 3.71. The number of ketones is 1. The van der Waals surface area contributed by atoms with Gasteiger partial charge in [0.15, 0.2) is 5.78 Å². The maximum atomic E-state index is 13.0. The van der Waals surface area contributed by atoms with Crippen LogP contribution in [0.1, 0.15) is 10.4 Å². The molecule has 0 aliphatic heterocycles. The van der Waals surface area contributed by atoms with Crippen LogP contribution in [0.2, 0.25) is 0 Å². The summed E-state index contributed by atoms with van der Waals surface area (Å²) < 4.78 is 11.4. The number of nitrogens with one attached hydrogen (secondary N) is 1. The normalized spacial score (nSPS) is 11.0. The molecule has 4 rings (SSSR count). The van der Waals surface area contributed by atoms with Gasteiger partial charge in [-0.1, -0.05) is 42.1 Å². The number of Topliss-reactive ketones (excluding diaryl/α,β-unsaturated/α-hetero) is 1. The number of carbonyl (C=O) groups excluding carboxylic acids is 1. The Hall–Kier alpha value is -3.89. The smallest absolute Gasteiger partial charge is 0.330 e. The van der Waals surface area contributed by atoms with Crippen LogP contribution in [0.15, 0.2) is 69.2 Å². The molecule has 0 amide bonds. The lowest BCUT2D eigenvalue weighted by Crippen LogP contribution is -2.37. The first-order valence-corrected chi connectivity index (χ1v) is 11.7. The number of thioether (sulfide) groups is 1. The number of aromatic amines is 1. The van der Waals surface area contributed by atoms with Crippen molar-refractivity contribution in [1.82, 2.24) is 14.5 Å². The number of anilines is 1. The number of pyridine rings is 1. The second-order valence-corrected chi connectivity index (χ2v) is 8.63. The first-order chi connectivity index (χ1) is 16.9. The van der Waals surface area contributed by atoms with E-state index in [4.69, 9.17) is 20.2 Å². The summed E-state index contributed by atoms with van der Waals surface area (Å²) in [5.74, 6) is -0.108. The minimum atomic E-state index is -0.812. The third kappa shape index (κ3) is 5.13. The van der Waals surface area contributed by atoms with Gasteiger partial charge in [-0.2, -0.15) is 0 Å². The quantitative estimate of drug-likeness (QED) is 0.269. The maximum Gasteiger partial charge on any atom is 0.330 e.